The van der Waals surface area contributed by atoms with Crippen molar-refractivity contribution in [2.24, 2.45) is 7.05 Å². The minimum atomic E-state index is 0.568. The van der Waals surface area contributed by atoms with E-state index in [2.05, 4.69) is 26.5 Å². The first-order chi connectivity index (χ1) is 9.29. The molecule has 0 radical (unpaired) electrons. The molecule has 1 N–H and O–H groups in total. The number of aromatic nitrogens is 4. The second-order valence-corrected chi connectivity index (χ2v) is 4.01. The van der Waals surface area contributed by atoms with Crippen LogP contribution in [-0.4, -0.2) is 19.7 Å². The molecule has 0 saturated heterocycles. The van der Waals surface area contributed by atoms with Gasteiger partial charge in [0, 0.05) is 7.05 Å². The van der Waals surface area contributed by atoms with Crippen molar-refractivity contribution in [3.63, 3.8) is 0 Å². The van der Waals surface area contributed by atoms with E-state index in [1.807, 2.05) is 25.2 Å². The van der Waals surface area contributed by atoms with Gasteiger partial charge in [0.05, 0.1) is 22.8 Å². The smallest absolute Gasteiger partial charge is 0.163 e. The molecular weight excluding hydrogens is 240 g/mol. The third kappa shape index (κ3) is 1.87. The van der Waals surface area contributed by atoms with Gasteiger partial charge in [-0.2, -0.15) is 10.4 Å². The van der Waals surface area contributed by atoms with Gasteiger partial charge in [0.15, 0.2) is 5.65 Å². The third-order valence-corrected chi connectivity index (χ3v) is 2.83. The van der Waals surface area contributed by atoms with Crippen LogP contribution >= 0.6 is 0 Å². The van der Waals surface area contributed by atoms with E-state index in [9.17, 15) is 0 Å². The predicted octanol–water partition coefficient (Wildman–Crippen LogP) is 1.98. The highest BCUT2D eigenvalue weighted by Crippen LogP contribution is 2.24. The minimum absolute atomic E-state index is 0.568. The molecule has 3 aromatic rings. The molecule has 0 unspecified atom stereocenters. The van der Waals surface area contributed by atoms with E-state index in [1.165, 1.54) is 6.33 Å². The Morgan fingerprint density at radius 2 is 2.11 bits per heavy atom. The minimum Gasteiger partial charge on any atom is -0.338 e. The van der Waals surface area contributed by atoms with Gasteiger partial charge in [-0.3, -0.25) is 4.68 Å². The van der Waals surface area contributed by atoms with E-state index in [0.29, 0.717) is 17.1 Å². The summed E-state index contributed by atoms with van der Waals surface area (Å²) in [5, 5.41) is 17.2. The Hall–Kier alpha value is -2.94. The van der Waals surface area contributed by atoms with Gasteiger partial charge in [0.25, 0.3) is 0 Å². The summed E-state index contributed by atoms with van der Waals surface area (Å²) < 4.78 is 1.68. The lowest BCUT2D eigenvalue weighted by Gasteiger charge is -2.07. The third-order valence-electron chi connectivity index (χ3n) is 2.83. The number of para-hydroxylation sites is 1. The van der Waals surface area contributed by atoms with Crippen molar-refractivity contribution >= 4 is 22.5 Å². The van der Waals surface area contributed by atoms with E-state index in [4.69, 9.17) is 5.26 Å². The zero-order valence-electron chi connectivity index (χ0n) is 10.2. The molecule has 0 bridgehead atoms. The molecule has 0 aliphatic rings. The topological polar surface area (TPSA) is 79.4 Å². The lowest BCUT2D eigenvalue weighted by atomic mass is 10.2. The summed E-state index contributed by atoms with van der Waals surface area (Å²) in [7, 11) is 1.82. The summed E-state index contributed by atoms with van der Waals surface area (Å²) in [6.45, 7) is 0. The highest BCUT2D eigenvalue weighted by atomic mass is 15.3. The SMILES string of the molecule is Cn1ncc2c(Nc3ccccc3C#N)ncnc21. The van der Waals surface area contributed by atoms with E-state index in [0.717, 1.165) is 11.0 Å². The fourth-order valence-corrected chi connectivity index (χ4v) is 1.88. The maximum Gasteiger partial charge on any atom is 0.163 e. The number of hydrogen-bond acceptors (Lipinski definition) is 5. The number of fused-ring (bicyclic) bond motifs is 1. The van der Waals surface area contributed by atoms with Crippen LogP contribution in [0.4, 0.5) is 11.5 Å². The summed E-state index contributed by atoms with van der Waals surface area (Å²) in [5.74, 6) is 0.640. The van der Waals surface area contributed by atoms with Crippen LogP contribution in [-0.2, 0) is 7.05 Å². The Kier molecular flexibility index (Phi) is 2.58. The van der Waals surface area contributed by atoms with Crippen molar-refractivity contribution in [1.82, 2.24) is 19.7 Å². The van der Waals surface area contributed by atoms with E-state index < -0.39 is 0 Å². The van der Waals surface area contributed by atoms with Gasteiger partial charge in [-0.1, -0.05) is 12.1 Å². The van der Waals surface area contributed by atoms with Crippen LogP contribution in [0.1, 0.15) is 5.56 Å². The number of aryl methyl sites for hydroxylation is 1. The molecule has 2 aromatic heterocycles. The van der Waals surface area contributed by atoms with Crippen LogP contribution in [0.5, 0.6) is 0 Å². The normalized spacial score (nSPS) is 10.3. The number of anilines is 2. The van der Waals surface area contributed by atoms with Crippen LogP contribution in [0.25, 0.3) is 11.0 Å². The number of nitrogens with one attached hydrogen (secondary N) is 1. The molecule has 0 fully saturated rings. The van der Waals surface area contributed by atoms with E-state index in [-0.39, 0.29) is 0 Å². The highest BCUT2D eigenvalue weighted by Gasteiger charge is 2.09. The first-order valence-corrected chi connectivity index (χ1v) is 5.68. The Bertz CT molecular complexity index is 783. The van der Waals surface area contributed by atoms with Gasteiger partial charge in [-0.25, -0.2) is 9.97 Å². The lowest BCUT2D eigenvalue weighted by molar-refractivity contribution is 0.785. The second-order valence-electron chi connectivity index (χ2n) is 4.01. The van der Waals surface area contributed by atoms with Gasteiger partial charge >= 0.3 is 0 Å². The van der Waals surface area contributed by atoms with Gasteiger partial charge in [0.2, 0.25) is 0 Å². The Morgan fingerprint density at radius 3 is 2.95 bits per heavy atom. The van der Waals surface area contributed by atoms with Crippen LogP contribution in [0.2, 0.25) is 0 Å². The lowest BCUT2D eigenvalue weighted by Crippen LogP contribution is -1.98. The van der Waals surface area contributed by atoms with Crippen molar-refractivity contribution in [2.45, 2.75) is 0 Å². The summed E-state index contributed by atoms with van der Waals surface area (Å²) in [6, 6.07) is 9.42. The van der Waals surface area contributed by atoms with Gasteiger partial charge < -0.3 is 5.32 Å². The number of nitriles is 1. The molecule has 0 spiro atoms. The standard InChI is InChI=1S/C13H10N6/c1-19-13-10(7-17-19)12(15-8-16-13)18-11-5-3-2-4-9(11)6-14/h2-5,7-8H,1H3,(H,15,16,18). The summed E-state index contributed by atoms with van der Waals surface area (Å²) in [4.78, 5) is 8.38. The average Bonchev–Trinajstić information content (AvgIpc) is 2.82. The molecular formula is C13H10N6. The van der Waals surface area contributed by atoms with Crippen LogP contribution in [0.3, 0.4) is 0 Å². The Morgan fingerprint density at radius 1 is 1.26 bits per heavy atom. The molecule has 3 rings (SSSR count). The molecule has 1 aromatic carbocycles. The molecule has 92 valence electrons. The maximum absolute atomic E-state index is 9.07. The largest absolute Gasteiger partial charge is 0.338 e. The fraction of sp³-hybridized carbons (Fsp3) is 0.0769. The number of nitrogens with zero attached hydrogens (tertiary/aromatic N) is 5. The van der Waals surface area contributed by atoms with Crippen LogP contribution in [0.15, 0.2) is 36.8 Å². The molecule has 0 saturated carbocycles. The first kappa shape index (κ1) is 11.2. The van der Waals surface area contributed by atoms with Crippen molar-refractivity contribution < 1.29 is 0 Å². The highest BCUT2D eigenvalue weighted by molar-refractivity contribution is 5.88. The maximum atomic E-state index is 9.07. The Labute approximate surface area is 109 Å². The molecule has 6 nitrogen and oxygen atoms in total. The molecule has 0 atom stereocenters. The molecule has 6 heteroatoms. The predicted molar refractivity (Wildman–Crippen MR) is 70.7 cm³/mol. The van der Waals surface area contributed by atoms with Crippen molar-refractivity contribution in [1.29, 1.82) is 5.26 Å². The molecule has 2 heterocycles. The van der Waals surface area contributed by atoms with Gasteiger partial charge in [-0.05, 0) is 12.1 Å². The van der Waals surface area contributed by atoms with Crippen LogP contribution < -0.4 is 5.32 Å². The Balaban J connectivity index is 2.09. The molecule has 0 aliphatic carbocycles. The zero-order valence-corrected chi connectivity index (χ0v) is 10.2. The molecule has 0 amide bonds. The quantitative estimate of drug-likeness (QED) is 0.752. The second kappa shape index (κ2) is 4.38. The van der Waals surface area contributed by atoms with Crippen molar-refractivity contribution in [2.75, 3.05) is 5.32 Å². The zero-order chi connectivity index (χ0) is 13.2. The summed E-state index contributed by atoms with van der Waals surface area (Å²) in [6.07, 6.45) is 3.17. The van der Waals surface area contributed by atoms with Gasteiger partial charge in [-0.15, -0.1) is 0 Å². The van der Waals surface area contributed by atoms with Gasteiger partial charge in [0.1, 0.15) is 18.2 Å². The number of hydrogen-bond donors (Lipinski definition) is 1. The summed E-state index contributed by atoms with van der Waals surface area (Å²) >= 11 is 0. The van der Waals surface area contributed by atoms with Crippen LogP contribution in [0, 0.1) is 11.3 Å². The van der Waals surface area contributed by atoms with Crippen molar-refractivity contribution in [3.8, 4) is 6.07 Å². The molecule has 19 heavy (non-hydrogen) atoms. The van der Waals surface area contributed by atoms with E-state index >= 15 is 0 Å². The van der Waals surface area contributed by atoms with Crippen molar-refractivity contribution in [3.05, 3.63) is 42.4 Å². The fourth-order valence-electron chi connectivity index (χ4n) is 1.88. The summed E-state index contributed by atoms with van der Waals surface area (Å²) in [5.41, 5.74) is 2.03. The average molecular weight is 250 g/mol. The van der Waals surface area contributed by atoms with E-state index in [1.54, 1.807) is 16.9 Å². The first-order valence-electron chi connectivity index (χ1n) is 5.68. The number of rotatable bonds is 2. The molecule has 0 aliphatic heterocycles. The number of benzene rings is 1. The monoisotopic (exact) mass is 250 g/mol.